The van der Waals surface area contributed by atoms with Crippen LogP contribution in [0.25, 0.3) is 11.0 Å². The van der Waals surface area contributed by atoms with E-state index in [2.05, 4.69) is 11.3 Å². The van der Waals surface area contributed by atoms with Gasteiger partial charge in [-0.3, -0.25) is 0 Å². The Balaban J connectivity index is 2.97. The van der Waals surface area contributed by atoms with Crippen LogP contribution in [0.3, 0.4) is 0 Å². The van der Waals surface area contributed by atoms with E-state index in [1.54, 1.807) is 0 Å². The van der Waals surface area contributed by atoms with Gasteiger partial charge >= 0.3 is 0 Å². The molecule has 1 aromatic heterocycles. The fourth-order valence-electron chi connectivity index (χ4n) is 1.16. The lowest BCUT2D eigenvalue weighted by Gasteiger charge is -1.98. The molecular weight excluding hydrogens is 181 g/mol. The van der Waals surface area contributed by atoms with Crippen molar-refractivity contribution in [1.29, 1.82) is 0 Å². The Morgan fingerprint density at radius 2 is 2.00 bits per heavy atom. The first-order valence-electron chi connectivity index (χ1n) is 3.49. The summed E-state index contributed by atoms with van der Waals surface area (Å²) in [6, 6.07) is 0.838. The number of benzene rings is 1. The lowest BCUT2D eigenvalue weighted by molar-refractivity contribution is 0.451. The van der Waals surface area contributed by atoms with Crippen LogP contribution in [0.15, 0.2) is 6.07 Å². The van der Waals surface area contributed by atoms with Gasteiger partial charge in [0.05, 0.1) is 5.52 Å². The van der Waals surface area contributed by atoms with Gasteiger partial charge in [-0.1, -0.05) is 0 Å². The Bertz CT molecular complexity index is 476. The summed E-state index contributed by atoms with van der Waals surface area (Å²) in [5.74, 6) is -3.95. The molecule has 0 atom stereocenters. The molecule has 0 unspecified atom stereocenters. The van der Waals surface area contributed by atoms with Gasteiger partial charge in [0, 0.05) is 13.1 Å². The second-order valence-electron chi connectivity index (χ2n) is 2.62. The molecule has 0 fully saturated rings. The molecule has 67 valence electrons. The van der Waals surface area contributed by atoms with Crippen LogP contribution in [0.2, 0.25) is 0 Å². The largest absolute Gasteiger partial charge is 0.322 e. The molecule has 0 amide bonds. The van der Waals surface area contributed by atoms with Crippen molar-refractivity contribution in [2.24, 2.45) is 7.05 Å². The molecule has 0 saturated heterocycles. The third kappa shape index (κ3) is 0.998. The van der Waals surface area contributed by atoms with Crippen LogP contribution in [0.4, 0.5) is 13.2 Å². The van der Waals surface area contributed by atoms with E-state index in [-0.39, 0.29) is 11.0 Å². The lowest BCUT2D eigenvalue weighted by atomic mass is 10.3. The fraction of sp³-hybridized carbons (Fsp3) is 0.125. The van der Waals surface area contributed by atoms with Crippen molar-refractivity contribution in [3.63, 3.8) is 0 Å². The number of hydrogen-bond donors (Lipinski definition) is 0. The highest BCUT2D eigenvalue weighted by Crippen LogP contribution is 2.20. The fourth-order valence-corrected chi connectivity index (χ4v) is 1.16. The summed E-state index contributed by atoms with van der Waals surface area (Å²) in [4.78, 5) is 3.57. The van der Waals surface area contributed by atoms with Crippen LogP contribution < -0.4 is 0 Å². The Morgan fingerprint density at radius 3 is 2.69 bits per heavy atom. The Hall–Kier alpha value is -1.52. The van der Waals surface area contributed by atoms with E-state index < -0.39 is 17.5 Å². The quantitative estimate of drug-likeness (QED) is 0.572. The van der Waals surface area contributed by atoms with Gasteiger partial charge in [-0.15, -0.1) is 0 Å². The van der Waals surface area contributed by atoms with E-state index in [9.17, 15) is 13.2 Å². The summed E-state index contributed by atoms with van der Waals surface area (Å²) in [6.07, 6.45) is 2.37. The number of halogens is 3. The normalized spacial score (nSPS) is 11.1. The van der Waals surface area contributed by atoms with Gasteiger partial charge in [0.15, 0.2) is 23.8 Å². The molecule has 0 aliphatic carbocycles. The molecule has 1 radical (unpaired) electrons. The van der Waals surface area contributed by atoms with Crippen molar-refractivity contribution in [3.8, 4) is 0 Å². The van der Waals surface area contributed by atoms with Gasteiger partial charge in [-0.25, -0.2) is 18.2 Å². The highest BCUT2D eigenvalue weighted by atomic mass is 19.2. The summed E-state index contributed by atoms with van der Waals surface area (Å²) in [7, 11) is 1.45. The van der Waals surface area contributed by atoms with Crippen molar-refractivity contribution in [3.05, 3.63) is 29.8 Å². The maximum absolute atomic E-state index is 13.1. The van der Waals surface area contributed by atoms with Crippen LogP contribution >= 0.6 is 0 Å². The second kappa shape index (κ2) is 2.48. The van der Waals surface area contributed by atoms with Gasteiger partial charge in [0.1, 0.15) is 5.52 Å². The van der Waals surface area contributed by atoms with Gasteiger partial charge < -0.3 is 4.57 Å². The maximum Gasteiger partial charge on any atom is 0.196 e. The minimum atomic E-state index is -1.48. The number of aryl methyl sites for hydroxylation is 1. The first kappa shape index (κ1) is 8.10. The molecule has 13 heavy (non-hydrogen) atoms. The first-order chi connectivity index (χ1) is 6.11. The molecule has 1 heterocycles. The summed E-state index contributed by atoms with van der Waals surface area (Å²) >= 11 is 0. The number of imidazole rings is 1. The van der Waals surface area contributed by atoms with Gasteiger partial charge in [-0.05, 0) is 0 Å². The molecule has 2 rings (SSSR count). The molecule has 5 heteroatoms. The summed E-state index contributed by atoms with van der Waals surface area (Å²) in [5.41, 5.74) is -0.0298. The molecule has 0 aliphatic rings. The topological polar surface area (TPSA) is 17.8 Å². The predicted octanol–water partition coefficient (Wildman–Crippen LogP) is 1.79. The van der Waals surface area contributed by atoms with E-state index in [0.29, 0.717) is 0 Å². The van der Waals surface area contributed by atoms with Crippen molar-refractivity contribution >= 4 is 11.0 Å². The third-order valence-electron chi connectivity index (χ3n) is 1.77. The SMILES string of the molecule is Cn1[c]nc2cc(F)c(F)c(F)c21. The van der Waals surface area contributed by atoms with Gasteiger partial charge in [0.25, 0.3) is 0 Å². The van der Waals surface area contributed by atoms with E-state index >= 15 is 0 Å². The van der Waals surface area contributed by atoms with Crippen molar-refractivity contribution in [1.82, 2.24) is 9.55 Å². The van der Waals surface area contributed by atoms with Crippen LogP contribution in [0, 0.1) is 23.8 Å². The Kier molecular flexibility index (Phi) is 1.55. The van der Waals surface area contributed by atoms with Crippen LogP contribution in [0.5, 0.6) is 0 Å². The first-order valence-corrected chi connectivity index (χ1v) is 3.49. The van der Waals surface area contributed by atoms with Crippen LogP contribution in [-0.4, -0.2) is 9.55 Å². The zero-order chi connectivity index (χ0) is 9.59. The predicted molar refractivity (Wildman–Crippen MR) is 39.4 cm³/mol. The third-order valence-corrected chi connectivity index (χ3v) is 1.77. The van der Waals surface area contributed by atoms with Crippen LogP contribution in [-0.2, 0) is 7.05 Å². The number of fused-ring (bicyclic) bond motifs is 1. The molecule has 0 aliphatic heterocycles. The molecule has 2 nitrogen and oxygen atoms in total. The molecular formula is C8H4F3N2. The van der Waals surface area contributed by atoms with Gasteiger partial charge in [0.2, 0.25) is 0 Å². The lowest BCUT2D eigenvalue weighted by Crippen LogP contribution is -1.95. The Morgan fingerprint density at radius 1 is 1.31 bits per heavy atom. The van der Waals surface area contributed by atoms with Crippen LogP contribution in [0.1, 0.15) is 0 Å². The minimum absolute atomic E-state index is 0.0545. The van der Waals surface area contributed by atoms with E-state index in [4.69, 9.17) is 0 Å². The molecule has 1 aromatic carbocycles. The summed E-state index contributed by atoms with van der Waals surface area (Å²) in [5, 5.41) is 0. The van der Waals surface area contributed by atoms with Crippen molar-refractivity contribution in [2.75, 3.05) is 0 Å². The van der Waals surface area contributed by atoms with E-state index in [0.717, 1.165) is 6.07 Å². The molecule has 0 bridgehead atoms. The van der Waals surface area contributed by atoms with E-state index in [1.807, 2.05) is 0 Å². The van der Waals surface area contributed by atoms with Gasteiger partial charge in [-0.2, -0.15) is 0 Å². The molecule has 0 spiro atoms. The smallest absolute Gasteiger partial charge is 0.196 e. The monoisotopic (exact) mass is 185 g/mol. The zero-order valence-electron chi connectivity index (χ0n) is 6.61. The standard InChI is InChI=1S/C8H4F3N2/c1-13-3-12-5-2-4(9)6(10)7(11)8(5)13/h2H,1H3. The minimum Gasteiger partial charge on any atom is -0.322 e. The number of aromatic nitrogens is 2. The highest BCUT2D eigenvalue weighted by molar-refractivity contribution is 5.75. The second-order valence-corrected chi connectivity index (χ2v) is 2.62. The highest BCUT2D eigenvalue weighted by Gasteiger charge is 2.16. The number of rotatable bonds is 0. The molecule has 2 aromatic rings. The maximum atomic E-state index is 13.1. The average Bonchev–Trinajstić information content (AvgIpc) is 2.43. The summed E-state index contributed by atoms with van der Waals surface area (Å²) in [6.45, 7) is 0. The number of nitrogens with zero attached hydrogens (tertiary/aromatic N) is 2. The van der Waals surface area contributed by atoms with E-state index in [1.165, 1.54) is 11.6 Å². The summed E-state index contributed by atoms with van der Waals surface area (Å²) < 4.78 is 39.6. The average molecular weight is 185 g/mol. The zero-order valence-corrected chi connectivity index (χ0v) is 6.61. The Labute approximate surface area is 71.6 Å². The molecule has 0 saturated carbocycles. The van der Waals surface area contributed by atoms with Crippen molar-refractivity contribution in [2.45, 2.75) is 0 Å². The molecule has 0 N–H and O–H groups in total. The van der Waals surface area contributed by atoms with Crippen molar-refractivity contribution < 1.29 is 13.2 Å². The number of hydrogen-bond acceptors (Lipinski definition) is 1.